The number of benzene rings is 9. The zero-order valence-electron chi connectivity index (χ0n) is 29.1. The van der Waals surface area contributed by atoms with Gasteiger partial charge in [-0.3, -0.25) is 0 Å². The van der Waals surface area contributed by atoms with Gasteiger partial charge in [-0.2, -0.15) is 0 Å². The van der Waals surface area contributed by atoms with Gasteiger partial charge in [0, 0.05) is 27.4 Å². The summed E-state index contributed by atoms with van der Waals surface area (Å²) in [5.74, 6) is 0. The summed E-state index contributed by atoms with van der Waals surface area (Å²) in [7, 11) is 0. The van der Waals surface area contributed by atoms with Gasteiger partial charge >= 0.3 is 0 Å². The third-order valence-electron chi connectivity index (χ3n) is 10.6. The van der Waals surface area contributed by atoms with Gasteiger partial charge in [0.25, 0.3) is 0 Å². The average molecular weight is 674 g/mol. The highest BCUT2D eigenvalue weighted by Crippen LogP contribution is 2.54. The van der Waals surface area contributed by atoms with E-state index in [9.17, 15) is 0 Å². The standard InChI is InChI=1S/C52H35N/c1-5-18-36(19-6-1)41-32-33-42(37-20-7-2-8-21-37)50(49(41)44-30-17-27-35-24-13-14-28-40(35)44)51-48(39-25-11-4-12-26-39)45(38-22-9-3-10-23-38)34-46-43-29-15-16-31-47(43)53-52(46)51/h1-34,53H. The molecule has 1 heteroatoms. The summed E-state index contributed by atoms with van der Waals surface area (Å²) in [5, 5.41) is 4.87. The highest BCUT2D eigenvalue weighted by atomic mass is 14.7. The van der Waals surface area contributed by atoms with Gasteiger partial charge < -0.3 is 4.98 Å². The molecule has 0 aliphatic rings. The first-order chi connectivity index (χ1) is 26.3. The maximum atomic E-state index is 3.99. The Kier molecular flexibility index (Phi) is 7.55. The number of H-pyrrole nitrogens is 1. The number of nitrogens with one attached hydrogen (secondary N) is 1. The molecule has 0 saturated heterocycles. The normalized spacial score (nSPS) is 11.4. The molecule has 1 N–H and O–H groups in total. The van der Waals surface area contributed by atoms with E-state index in [1.807, 2.05) is 0 Å². The van der Waals surface area contributed by atoms with Crippen molar-refractivity contribution < 1.29 is 0 Å². The van der Waals surface area contributed by atoms with Crippen molar-refractivity contribution in [3.8, 4) is 66.8 Å². The largest absolute Gasteiger partial charge is 0.354 e. The van der Waals surface area contributed by atoms with E-state index in [1.54, 1.807) is 0 Å². The molecule has 0 bridgehead atoms. The fourth-order valence-electron chi connectivity index (χ4n) is 8.29. The number of hydrogen-bond acceptors (Lipinski definition) is 0. The van der Waals surface area contributed by atoms with Crippen LogP contribution in [-0.2, 0) is 0 Å². The molecule has 1 nitrogen and oxygen atoms in total. The van der Waals surface area contributed by atoms with Crippen molar-refractivity contribution in [2.24, 2.45) is 0 Å². The molecule has 0 aliphatic carbocycles. The van der Waals surface area contributed by atoms with E-state index in [-0.39, 0.29) is 0 Å². The molecule has 10 aromatic rings. The molecule has 0 aliphatic heterocycles. The minimum absolute atomic E-state index is 1.13. The SMILES string of the molecule is c1ccc(-c2ccc(-c3ccccc3)c(-c3c(-c4ccccc4)c(-c4ccccc4)cc4c3[nH]c3ccccc34)c2-c2cccc3ccccc23)cc1. The Balaban J connectivity index is 1.50. The van der Waals surface area contributed by atoms with E-state index in [2.05, 4.69) is 211 Å². The monoisotopic (exact) mass is 673 g/mol. The van der Waals surface area contributed by atoms with Crippen LogP contribution in [-0.4, -0.2) is 4.98 Å². The van der Waals surface area contributed by atoms with Crippen LogP contribution < -0.4 is 0 Å². The van der Waals surface area contributed by atoms with Crippen LogP contribution in [0.5, 0.6) is 0 Å². The van der Waals surface area contributed by atoms with E-state index >= 15 is 0 Å². The molecule has 0 radical (unpaired) electrons. The number of aromatic amines is 1. The molecule has 0 spiro atoms. The van der Waals surface area contributed by atoms with Crippen LogP contribution >= 0.6 is 0 Å². The lowest BCUT2D eigenvalue weighted by molar-refractivity contribution is 1.51. The summed E-state index contributed by atoms with van der Waals surface area (Å²) < 4.78 is 0. The van der Waals surface area contributed by atoms with Crippen molar-refractivity contribution in [3.05, 3.63) is 206 Å². The van der Waals surface area contributed by atoms with Crippen LogP contribution in [0.4, 0.5) is 0 Å². The first-order valence-corrected chi connectivity index (χ1v) is 18.3. The lowest BCUT2D eigenvalue weighted by Gasteiger charge is -2.25. The first kappa shape index (κ1) is 30.8. The molecule has 0 unspecified atom stereocenters. The fraction of sp³-hybridized carbons (Fsp3) is 0. The number of fused-ring (bicyclic) bond motifs is 4. The van der Waals surface area contributed by atoms with Crippen LogP contribution in [0.25, 0.3) is 99.3 Å². The van der Waals surface area contributed by atoms with Crippen molar-refractivity contribution in [1.82, 2.24) is 4.98 Å². The minimum atomic E-state index is 1.13. The Labute approximate surface area is 309 Å². The van der Waals surface area contributed by atoms with Gasteiger partial charge in [-0.25, -0.2) is 0 Å². The second-order valence-electron chi connectivity index (χ2n) is 13.7. The van der Waals surface area contributed by atoms with Crippen molar-refractivity contribution in [2.45, 2.75) is 0 Å². The Bertz CT molecular complexity index is 2900. The molecule has 1 aromatic heterocycles. The van der Waals surface area contributed by atoms with Crippen molar-refractivity contribution in [2.75, 3.05) is 0 Å². The Morgan fingerprint density at radius 2 is 0.755 bits per heavy atom. The summed E-state index contributed by atoms with van der Waals surface area (Å²) in [6, 6.07) is 75.0. The quantitative estimate of drug-likeness (QED) is 0.181. The van der Waals surface area contributed by atoms with Gasteiger partial charge in [0.05, 0.1) is 5.52 Å². The Morgan fingerprint density at radius 1 is 0.264 bits per heavy atom. The number of aromatic nitrogens is 1. The summed E-state index contributed by atoms with van der Waals surface area (Å²) in [5.41, 5.74) is 16.6. The number of rotatable bonds is 6. The van der Waals surface area contributed by atoms with E-state index in [1.165, 1.54) is 88.3 Å². The molecular weight excluding hydrogens is 639 g/mol. The molecule has 248 valence electrons. The van der Waals surface area contributed by atoms with Crippen LogP contribution in [0, 0.1) is 0 Å². The minimum Gasteiger partial charge on any atom is -0.354 e. The first-order valence-electron chi connectivity index (χ1n) is 18.3. The van der Waals surface area contributed by atoms with Gasteiger partial charge in [-0.05, 0) is 78.5 Å². The lowest BCUT2D eigenvalue weighted by Crippen LogP contribution is -1.99. The van der Waals surface area contributed by atoms with Crippen molar-refractivity contribution in [3.63, 3.8) is 0 Å². The molecule has 0 atom stereocenters. The highest BCUT2D eigenvalue weighted by molar-refractivity contribution is 6.22. The van der Waals surface area contributed by atoms with Crippen LogP contribution in [0.1, 0.15) is 0 Å². The maximum Gasteiger partial charge on any atom is 0.0551 e. The fourth-order valence-corrected chi connectivity index (χ4v) is 8.29. The van der Waals surface area contributed by atoms with Crippen LogP contribution in [0.15, 0.2) is 206 Å². The Morgan fingerprint density at radius 3 is 1.40 bits per heavy atom. The third-order valence-corrected chi connectivity index (χ3v) is 10.6. The zero-order chi connectivity index (χ0) is 35.1. The molecule has 0 saturated carbocycles. The summed E-state index contributed by atoms with van der Waals surface area (Å²) in [4.78, 5) is 3.99. The second kappa shape index (κ2) is 13.0. The molecule has 1 heterocycles. The molecule has 53 heavy (non-hydrogen) atoms. The van der Waals surface area contributed by atoms with E-state index in [0.29, 0.717) is 0 Å². The van der Waals surface area contributed by atoms with Crippen LogP contribution in [0.3, 0.4) is 0 Å². The highest BCUT2D eigenvalue weighted by Gasteiger charge is 2.27. The molecule has 9 aromatic carbocycles. The zero-order valence-corrected chi connectivity index (χ0v) is 29.1. The molecule has 0 amide bonds. The summed E-state index contributed by atoms with van der Waals surface area (Å²) in [6.45, 7) is 0. The van der Waals surface area contributed by atoms with Crippen molar-refractivity contribution in [1.29, 1.82) is 0 Å². The second-order valence-corrected chi connectivity index (χ2v) is 13.7. The predicted molar refractivity (Wildman–Crippen MR) is 226 cm³/mol. The molecular formula is C52H35N. The predicted octanol–water partition coefficient (Wildman–Crippen LogP) is 14.5. The maximum absolute atomic E-state index is 3.99. The van der Waals surface area contributed by atoms with E-state index in [0.717, 1.165) is 11.0 Å². The summed E-state index contributed by atoms with van der Waals surface area (Å²) in [6.07, 6.45) is 0. The number of hydrogen-bond donors (Lipinski definition) is 1. The van der Waals surface area contributed by atoms with Gasteiger partial charge in [0.15, 0.2) is 0 Å². The summed E-state index contributed by atoms with van der Waals surface area (Å²) >= 11 is 0. The van der Waals surface area contributed by atoms with Gasteiger partial charge in [-0.1, -0.05) is 194 Å². The molecule has 10 rings (SSSR count). The average Bonchev–Trinajstić information content (AvgIpc) is 3.62. The third kappa shape index (κ3) is 5.25. The van der Waals surface area contributed by atoms with E-state index in [4.69, 9.17) is 0 Å². The number of para-hydroxylation sites is 1. The van der Waals surface area contributed by atoms with Gasteiger partial charge in [-0.15, -0.1) is 0 Å². The van der Waals surface area contributed by atoms with Gasteiger partial charge in [0.1, 0.15) is 0 Å². The Hall–Kier alpha value is -6.96. The topological polar surface area (TPSA) is 15.8 Å². The molecule has 0 fully saturated rings. The van der Waals surface area contributed by atoms with E-state index < -0.39 is 0 Å². The van der Waals surface area contributed by atoms with Gasteiger partial charge in [0.2, 0.25) is 0 Å². The lowest BCUT2D eigenvalue weighted by atomic mass is 9.77. The van der Waals surface area contributed by atoms with Crippen molar-refractivity contribution >= 4 is 32.6 Å². The smallest absolute Gasteiger partial charge is 0.0551 e. The van der Waals surface area contributed by atoms with Crippen LogP contribution in [0.2, 0.25) is 0 Å².